The van der Waals surface area contributed by atoms with Crippen molar-refractivity contribution in [1.82, 2.24) is 5.32 Å². The number of hydrogen-bond donors (Lipinski definition) is 1. The van der Waals surface area contributed by atoms with Gasteiger partial charge in [0.15, 0.2) is 0 Å². The average Bonchev–Trinajstić information content (AvgIpc) is 2.70. The maximum Gasteiger partial charge on any atom is 0.124 e. The van der Waals surface area contributed by atoms with Gasteiger partial charge in [-0.15, -0.1) is 11.3 Å². The van der Waals surface area contributed by atoms with Crippen LogP contribution in [0.3, 0.4) is 0 Å². The minimum absolute atomic E-state index is 0.0116. The Kier molecular flexibility index (Phi) is 5.15. The minimum Gasteiger partial charge on any atom is -0.496 e. The third-order valence-corrected chi connectivity index (χ3v) is 5.51. The number of ether oxygens (including phenoxy) is 1. The Morgan fingerprint density at radius 1 is 1.32 bits per heavy atom. The quantitative estimate of drug-likeness (QED) is 0.793. The zero-order valence-electron chi connectivity index (χ0n) is 10.3. The van der Waals surface area contributed by atoms with Gasteiger partial charge in [0.2, 0.25) is 0 Å². The fraction of sp³-hybridized carbons (Fsp3) is 0.231. The number of rotatable bonds is 4. The SMILES string of the molecule is CNC(c1cc(Cl)c(Br)s1)c1cc(Cl)ccc1OC. The van der Waals surface area contributed by atoms with Crippen molar-refractivity contribution in [2.45, 2.75) is 6.04 Å². The molecule has 0 spiro atoms. The predicted molar refractivity (Wildman–Crippen MR) is 85.9 cm³/mol. The number of hydrogen-bond acceptors (Lipinski definition) is 3. The second kappa shape index (κ2) is 6.46. The number of halogens is 3. The normalized spacial score (nSPS) is 12.5. The van der Waals surface area contributed by atoms with Gasteiger partial charge in [-0.25, -0.2) is 0 Å². The minimum atomic E-state index is -0.0116. The lowest BCUT2D eigenvalue weighted by atomic mass is 10.0. The lowest BCUT2D eigenvalue weighted by molar-refractivity contribution is 0.405. The molecule has 0 radical (unpaired) electrons. The second-order valence-corrected chi connectivity index (χ2v) is 7.12. The van der Waals surface area contributed by atoms with Crippen molar-refractivity contribution in [1.29, 1.82) is 0 Å². The van der Waals surface area contributed by atoms with Crippen LogP contribution < -0.4 is 10.1 Å². The van der Waals surface area contributed by atoms with Crippen LogP contribution in [0.25, 0.3) is 0 Å². The van der Waals surface area contributed by atoms with Gasteiger partial charge in [0.1, 0.15) is 5.75 Å². The van der Waals surface area contributed by atoms with Crippen LogP contribution in [0.2, 0.25) is 10.0 Å². The summed E-state index contributed by atoms with van der Waals surface area (Å²) in [4.78, 5) is 1.10. The summed E-state index contributed by atoms with van der Waals surface area (Å²) in [6, 6.07) is 7.52. The van der Waals surface area contributed by atoms with Crippen LogP contribution in [0.5, 0.6) is 5.75 Å². The number of thiophene rings is 1. The fourth-order valence-electron chi connectivity index (χ4n) is 1.89. The van der Waals surface area contributed by atoms with E-state index in [4.69, 9.17) is 27.9 Å². The zero-order chi connectivity index (χ0) is 14.0. The molecule has 2 aromatic rings. The molecule has 1 atom stereocenters. The monoisotopic (exact) mass is 379 g/mol. The second-order valence-electron chi connectivity index (χ2n) is 3.88. The zero-order valence-corrected chi connectivity index (χ0v) is 14.3. The molecular weight excluding hydrogens is 369 g/mol. The van der Waals surface area contributed by atoms with Crippen molar-refractivity contribution in [2.75, 3.05) is 14.2 Å². The maximum absolute atomic E-state index is 6.10. The van der Waals surface area contributed by atoms with Gasteiger partial charge < -0.3 is 10.1 Å². The molecule has 1 N–H and O–H groups in total. The first-order chi connectivity index (χ1) is 9.06. The van der Waals surface area contributed by atoms with E-state index in [9.17, 15) is 0 Å². The van der Waals surface area contributed by atoms with Gasteiger partial charge in [-0.2, -0.15) is 0 Å². The summed E-state index contributed by atoms with van der Waals surface area (Å²) in [7, 11) is 3.54. The van der Waals surface area contributed by atoms with Crippen LogP contribution in [0, 0.1) is 0 Å². The average molecular weight is 381 g/mol. The number of methoxy groups -OCH3 is 1. The Balaban J connectivity index is 2.50. The van der Waals surface area contributed by atoms with Crippen LogP contribution >= 0.6 is 50.5 Å². The first kappa shape index (κ1) is 15.1. The van der Waals surface area contributed by atoms with E-state index in [1.807, 2.05) is 31.3 Å². The molecule has 1 heterocycles. The molecule has 2 nitrogen and oxygen atoms in total. The van der Waals surface area contributed by atoms with Crippen molar-refractivity contribution in [3.8, 4) is 5.75 Å². The summed E-state index contributed by atoms with van der Waals surface area (Å²) in [6.45, 7) is 0. The third kappa shape index (κ3) is 3.26. The van der Waals surface area contributed by atoms with Crippen molar-refractivity contribution < 1.29 is 4.74 Å². The molecule has 19 heavy (non-hydrogen) atoms. The lowest BCUT2D eigenvalue weighted by Gasteiger charge is -2.18. The predicted octanol–water partition coefficient (Wildman–Crippen LogP) is 5.13. The molecule has 0 amide bonds. The number of benzene rings is 1. The highest BCUT2D eigenvalue weighted by atomic mass is 79.9. The molecular formula is C13H12BrCl2NOS. The molecule has 0 saturated heterocycles. The molecule has 1 unspecified atom stereocenters. The van der Waals surface area contributed by atoms with E-state index in [0.29, 0.717) is 10.0 Å². The van der Waals surface area contributed by atoms with Gasteiger partial charge in [0.25, 0.3) is 0 Å². The fourth-order valence-corrected chi connectivity index (χ4v) is 3.94. The molecule has 102 valence electrons. The Bertz CT molecular complexity index is 569. The Morgan fingerprint density at radius 2 is 2.05 bits per heavy atom. The summed E-state index contributed by atoms with van der Waals surface area (Å²) >= 11 is 17.2. The largest absolute Gasteiger partial charge is 0.496 e. The molecule has 2 rings (SSSR count). The summed E-state index contributed by atoms with van der Waals surface area (Å²) in [5.74, 6) is 0.796. The van der Waals surface area contributed by atoms with Gasteiger partial charge in [0, 0.05) is 15.5 Å². The summed E-state index contributed by atoms with van der Waals surface area (Å²) in [5, 5.41) is 4.66. The number of nitrogens with one attached hydrogen (secondary N) is 1. The van der Waals surface area contributed by atoms with Gasteiger partial charge >= 0.3 is 0 Å². The molecule has 1 aromatic heterocycles. The van der Waals surface area contributed by atoms with Gasteiger partial charge in [-0.3, -0.25) is 0 Å². The maximum atomic E-state index is 6.10. The van der Waals surface area contributed by atoms with Crippen molar-refractivity contribution in [3.05, 3.63) is 48.5 Å². The van der Waals surface area contributed by atoms with E-state index in [1.54, 1.807) is 18.4 Å². The van der Waals surface area contributed by atoms with Crippen molar-refractivity contribution in [2.24, 2.45) is 0 Å². The van der Waals surface area contributed by atoms with Gasteiger partial charge in [-0.05, 0) is 47.2 Å². The van der Waals surface area contributed by atoms with Crippen LogP contribution in [0.15, 0.2) is 28.1 Å². The highest BCUT2D eigenvalue weighted by Gasteiger charge is 2.20. The molecule has 0 aliphatic carbocycles. The van der Waals surface area contributed by atoms with Crippen molar-refractivity contribution in [3.63, 3.8) is 0 Å². The van der Waals surface area contributed by atoms with Crippen LogP contribution in [0.4, 0.5) is 0 Å². The van der Waals surface area contributed by atoms with E-state index in [0.717, 1.165) is 20.0 Å². The smallest absolute Gasteiger partial charge is 0.124 e. The lowest BCUT2D eigenvalue weighted by Crippen LogP contribution is -2.17. The Hall–Kier alpha value is -0.260. The van der Waals surface area contributed by atoms with Crippen molar-refractivity contribution >= 4 is 50.5 Å². The molecule has 0 saturated carbocycles. The molecule has 1 aromatic carbocycles. The van der Waals surface area contributed by atoms with Gasteiger partial charge in [0.05, 0.1) is 22.0 Å². The topological polar surface area (TPSA) is 21.3 Å². The molecule has 0 aliphatic rings. The van der Waals surface area contributed by atoms with Gasteiger partial charge in [-0.1, -0.05) is 23.2 Å². The van der Waals surface area contributed by atoms with E-state index in [2.05, 4.69) is 21.2 Å². The Morgan fingerprint density at radius 3 is 2.58 bits per heavy atom. The van der Waals surface area contributed by atoms with Crippen LogP contribution in [-0.4, -0.2) is 14.2 Å². The van der Waals surface area contributed by atoms with E-state index >= 15 is 0 Å². The van der Waals surface area contributed by atoms with E-state index in [1.165, 1.54) is 0 Å². The first-order valence-corrected chi connectivity index (χ1v) is 7.88. The first-order valence-electron chi connectivity index (χ1n) is 5.52. The Labute approximate surface area is 134 Å². The van der Waals surface area contributed by atoms with E-state index < -0.39 is 0 Å². The molecule has 0 aliphatic heterocycles. The highest BCUT2D eigenvalue weighted by molar-refractivity contribution is 9.11. The third-order valence-electron chi connectivity index (χ3n) is 2.74. The standard InChI is InChI=1S/C13H12BrCl2NOS/c1-17-12(11-6-9(16)13(14)19-11)8-5-7(15)3-4-10(8)18-2/h3-6,12,17H,1-2H3. The van der Waals surface area contributed by atoms with Crippen LogP contribution in [-0.2, 0) is 0 Å². The summed E-state index contributed by atoms with van der Waals surface area (Å²) in [5.41, 5.74) is 0.989. The highest BCUT2D eigenvalue weighted by Crippen LogP contribution is 2.40. The molecule has 6 heteroatoms. The van der Waals surface area contributed by atoms with Crippen LogP contribution in [0.1, 0.15) is 16.5 Å². The van der Waals surface area contributed by atoms with E-state index in [-0.39, 0.29) is 6.04 Å². The molecule has 0 fully saturated rings. The molecule has 0 bridgehead atoms. The summed E-state index contributed by atoms with van der Waals surface area (Å²) < 4.78 is 6.32. The summed E-state index contributed by atoms with van der Waals surface area (Å²) in [6.07, 6.45) is 0.